The Bertz CT molecular complexity index is 419. The summed E-state index contributed by atoms with van der Waals surface area (Å²) in [5, 5.41) is 0. The third kappa shape index (κ3) is 2.79. The molecule has 1 aromatic rings. The normalized spacial score (nSPS) is 26.9. The standard InChI is InChI=1S/C17H26N2/c1-14-5-3-2-4-12-19(14)13-17(10-11-17)15-6-8-16(18)9-7-15/h6-9,14H,2-5,10-13,18H2,1H3. The summed E-state index contributed by atoms with van der Waals surface area (Å²) in [6.45, 7) is 4.94. The number of nitrogens with zero attached hydrogens (tertiary/aromatic N) is 1. The summed E-state index contributed by atoms with van der Waals surface area (Å²) in [5.74, 6) is 0. The van der Waals surface area contributed by atoms with Gasteiger partial charge in [-0.25, -0.2) is 0 Å². The van der Waals surface area contributed by atoms with Gasteiger partial charge in [-0.3, -0.25) is 4.90 Å². The van der Waals surface area contributed by atoms with Gasteiger partial charge < -0.3 is 5.73 Å². The van der Waals surface area contributed by atoms with Crippen molar-refractivity contribution in [3.63, 3.8) is 0 Å². The van der Waals surface area contributed by atoms with Crippen molar-refractivity contribution in [1.29, 1.82) is 0 Å². The largest absolute Gasteiger partial charge is 0.399 e. The van der Waals surface area contributed by atoms with Gasteiger partial charge in [0, 0.05) is 23.7 Å². The predicted molar refractivity (Wildman–Crippen MR) is 81.3 cm³/mol. The average molecular weight is 258 g/mol. The number of nitrogens with two attached hydrogens (primary N) is 1. The van der Waals surface area contributed by atoms with Crippen LogP contribution in [-0.4, -0.2) is 24.0 Å². The van der Waals surface area contributed by atoms with E-state index in [0.717, 1.165) is 11.7 Å². The molecule has 1 heterocycles. The lowest BCUT2D eigenvalue weighted by Crippen LogP contribution is -2.38. The lowest BCUT2D eigenvalue weighted by Gasteiger charge is -2.31. The Morgan fingerprint density at radius 1 is 1.16 bits per heavy atom. The summed E-state index contributed by atoms with van der Waals surface area (Å²) in [7, 11) is 0. The Morgan fingerprint density at radius 3 is 2.58 bits per heavy atom. The molecule has 0 aromatic heterocycles. The maximum absolute atomic E-state index is 5.81. The number of anilines is 1. The Balaban J connectivity index is 1.72. The molecule has 1 aliphatic carbocycles. The van der Waals surface area contributed by atoms with Gasteiger partial charge in [-0.05, 0) is 56.8 Å². The average Bonchev–Trinajstić information content (AvgIpc) is 3.20. The second kappa shape index (κ2) is 5.16. The summed E-state index contributed by atoms with van der Waals surface area (Å²) in [6.07, 6.45) is 8.27. The van der Waals surface area contributed by atoms with E-state index < -0.39 is 0 Å². The SMILES string of the molecule is CC1CCCCCN1CC1(c2ccc(N)cc2)CC1. The van der Waals surface area contributed by atoms with E-state index in [-0.39, 0.29) is 0 Å². The van der Waals surface area contributed by atoms with Gasteiger partial charge in [-0.2, -0.15) is 0 Å². The zero-order chi connectivity index (χ0) is 13.3. The van der Waals surface area contributed by atoms with E-state index in [2.05, 4.69) is 36.1 Å². The van der Waals surface area contributed by atoms with Gasteiger partial charge in [0.2, 0.25) is 0 Å². The van der Waals surface area contributed by atoms with E-state index in [9.17, 15) is 0 Å². The zero-order valence-electron chi connectivity index (χ0n) is 12.1. The van der Waals surface area contributed by atoms with Crippen molar-refractivity contribution in [2.24, 2.45) is 0 Å². The van der Waals surface area contributed by atoms with Crippen LogP contribution in [0.5, 0.6) is 0 Å². The molecule has 0 bridgehead atoms. The summed E-state index contributed by atoms with van der Waals surface area (Å²) >= 11 is 0. The summed E-state index contributed by atoms with van der Waals surface area (Å²) in [6, 6.07) is 9.35. The van der Waals surface area contributed by atoms with Gasteiger partial charge in [-0.15, -0.1) is 0 Å². The highest BCUT2D eigenvalue weighted by Gasteiger charge is 2.45. The molecule has 104 valence electrons. The molecule has 2 aliphatic rings. The molecular formula is C17H26N2. The first-order valence-corrected chi connectivity index (χ1v) is 7.80. The Labute approximate surface area is 117 Å². The van der Waals surface area contributed by atoms with Crippen molar-refractivity contribution in [2.45, 2.75) is 56.9 Å². The molecule has 1 aliphatic heterocycles. The van der Waals surface area contributed by atoms with Gasteiger partial charge in [0.15, 0.2) is 0 Å². The van der Waals surface area contributed by atoms with Crippen molar-refractivity contribution in [3.05, 3.63) is 29.8 Å². The van der Waals surface area contributed by atoms with E-state index in [1.54, 1.807) is 0 Å². The molecule has 1 saturated carbocycles. The van der Waals surface area contributed by atoms with E-state index in [1.807, 2.05) is 0 Å². The van der Waals surface area contributed by atoms with Crippen LogP contribution in [0, 0.1) is 0 Å². The monoisotopic (exact) mass is 258 g/mol. The van der Waals surface area contributed by atoms with Crippen LogP contribution in [0.3, 0.4) is 0 Å². The molecule has 2 nitrogen and oxygen atoms in total. The molecule has 1 aromatic carbocycles. The van der Waals surface area contributed by atoms with E-state index in [1.165, 1.54) is 57.2 Å². The molecule has 2 N–H and O–H groups in total. The lowest BCUT2D eigenvalue weighted by atomic mass is 9.94. The molecule has 0 amide bonds. The highest BCUT2D eigenvalue weighted by atomic mass is 15.2. The van der Waals surface area contributed by atoms with Gasteiger partial charge in [0.05, 0.1) is 0 Å². The lowest BCUT2D eigenvalue weighted by molar-refractivity contribution is 0.194. The van der Waals surface area contributed by atoms with Gasteiger partial charge in [0.25, 0.3) is 0 Å². The summed E-state index contributed by atoms with van der Waals surface area (Å²) in [4.78, 5) is 2.73. The fraction of sp³-hybridized carbons (Fsp3) is 0.647. The molecule has 1 unspecified atom stereocenters. The summed E-state index contributed by atoms with van der Waals surface area (Å²) < 4.78 is 0. The molecule has 2 fully saturated rings. The van der Waals surface area contributed by atoms with Crippen LogP contribution in [0.4, 0.5) is 5.69 Å². The fourth-order valence-electron chi connectivity index (χ4n) is 3.48. The first kappa shape index (κ1) is 13.0. The highest BCUT2D eigenvalue weighted by molar-refractivity contribution is 5.43. The van der Waals surface area contributed by atoms with Crippen molar-refractivity contribution >= 4 is 5.69 Å². The number of nitrogen functional groups attached to an aromatic ring is 1. The smallest absolute Gasteiger partial charge is 0.0314 e. The van der Waals surface area contributed by atoms with Crippen molar-refractivity contribution in [2.75, 3.05) is 18.8 Å². The third-order valence-corrected chi connectivity index (χ3v) is 5.07. The molecule has 0 spiro atoms. The Kier molecular flexibility index (Phi) is 3.53. The topological polar surface area (TPSA) is 29.3 Å². The Morgan fingerprint density at radius 2 is 1.89 bits per heavy atom. The second-order valence-electron chi connectivity index (χ2n) is 6.57. The molecule has 1 atom stereocenters. The number of hydrogen-bond donors (Lipinski definition) is 1. The minimum absolute atomic E-state index is 0.437. The first-order valence-electron chi connectivity index (χ1n) is 7.80. The minimum atomic E-state index is 0.437. The number of likely N-dealkylation sites (tertiary alicyclic amines) is 1. The molecule has 1 saturated heterocycles. The van der Waals surface area contributed by atoms with E-state index in [0.29, 0.717) is 5.41 Å². The Hall–Kier alpha value is -1.02. The summed E-state index contributed by atoms with van der Waals surface area (Å²) in [5.41, 5.74) is 8.62. The first-order chi connectivity index (χ1) is 9.20. The minimum Gasteiger partial charge on any atom is -0.399 e. The molecule has 19 heavy (non-hydrogen) atoms. The van der Waals surface area contributed by atoms with Crippen LogP contribution in [0.15, 0.2) is 24.3 Å². The third-order valence-electron chi connectivity index (χ3n) is 5.07. The van der Waals surface area contributed by atoms with Gasteiger partial charge >= 0.3 is 0 Å². The molecular weight excluding hydrogens is 232 g/mol. The van der Waals surface area contributed by atoms with Gasteiger partial charge in [0.1, 0.15) is 0 Å². The maximum Gasteiger partial charge on any atom is 0.0314 e. The van der Waals surface area contributed by atoms with Crippen LogP contribution in [0.1, 0.15) is 51.0 Å². The van der Waals surface area contributed by atoms with Crippen LogP contribution in [-0.2, 0) is 5.41 Å². The van der Waals surface area contributed by atoms with Crippen molar-refractivity contribution in [3.8, 4) is 0 Å². The maximum atomic E-state index is 5.81. The molecule has 2 heteroatoms. The van der Waals surface area contributed by atoms with Crippen LogP contribution < -0.4 is 5.73 Å². The molecule has 0 radical (unpaired) electrons. The molecule has 3 rings (SSSR count). The number of hydrogen-bond acceptors (Lipinski definition) is 2. The zero-order valence-corrected chi connectivity index (χ0v) is 12.1. The van der Waals surface area contributed by atoms with Gasteiger partial charge in [-0.1, -0.05) is 25.0 Å². The fourth-order valence-corrected chi connectivity index (χ4v) is 3.48. The van der Waals surface area contributed by atoms with E-state index in [4.69, 9.17) is 5.73 Å². The van der Waals surface area contributed by atoms with Crippen molar-refractivity contribution < 1.29 is 0 Å². The van der Waals surface area contributed by atoms with Crippen LogP contribution >= 0.6 is 0 Å². The number of benzene rings is 1. The quantitative estimate of drug-likeness (QED) is 0.840. The highest BCUT2D eigenvalue weighted by Crippen LogP contribution is 2.49. The van der Waals surface area contributed by atoms with E-state index >= 15 is 0 Å². The van der Waals surface area contributed by atoms with Crippen LogP contribution in [0.25, 0.3) is 0 Å². The van der Waals surface area contributed by atoms with Crippen molar-refractivity contribution in [1.82, 2.24) is 4.90 Å². The van der Waals surface area contributed by atoms with Crippen LogP contribution in [0.2, 0.25) is 0 Å². The predicted octanol–water partition coefficient (Wildman–Crippen LogP) is 3.56. The number of rotatable bonds is 3. The second-order valence-corrected chi connectivity index (χ2v) is 6.57.